The first-order chi connectivity index (χ1) is 9.20. The van der Waals surface area contributed by atoms with E-state index in [-0.39, 0.29) is 0 Å². The zero-order valence-corrected chi connectivity index (χ0v) is 13.0. The molecule has 0 atom stereocenters. The van der Waals surface area contributed by atoms with Crippen LogP contribution in [0, 0.1) is 5.92 Å². The zero-order valence-electron chi connectivity index (χ0n) is 12.2. The van der Waals surface area contributed by atoms with Crippen LogP contribution < -0.4 is 5.32 Å². The second kappa shape index (κ2) is 6.76. The Balaban J connectivity index is 2.07. The van der Waals surface area contributed by atoms with Gasteiger partial charge in [0, 0.05) is 17.0 Å². The molecular weight excluding hydrogens is 254 g/mol. The third kappa shape index (κ3) is 3.52. The number of rotatable bonds is 7. The van der Waals surface area contributed by atoms with Gasteiger partial charge in [0.25, 0.3) is 0 Å². The molecule has 0 amide bonds. The lowest BCUT2D eigenvalue weighted by Crippen LogP contribution is -2.48. The molecule has 1 nitrogen and oxygen atoms in total. The van der Waals surface area contributed by atoms with Crippen LogP contribution in [0.4, 0.5) is 0 Å². The summed E-state index contributed by atoms with van der Waals surface area (Å²) in [6.07, 6.45) is 6.51. The monoisotopic (exact) mass is 279 g/mol. The van der Waals surface area contributed by atoms with Gasteiger partial charge in [-0.15, -0.1) is 0 Å². The van der Waals surface area contributed by atoms with Gasteiger partial charge >= 0.3 is 0 Å². The third-order valence-corrected chi connectivity index (χ3v) is 4.62. The average Bonchev–Trinajstić information content (AvgIpc) is 2.35. The Morgan fingerprint density at radius 2 is 2.05 bits per heavy atom. The smallest absolute Gasteiger partial charge is 0.0408 e. The van der Waals surface area contributed by atoms with Crippen LogP contribution in [0.5, 0.6) is 0 Å². The maximum atomic E-state index is 6.17. The topological polar surface area (TPSA) is 12.0 Å². The van der Waals surface area contributed by atoms with Crippen molar-refractivity contribution >= 4 is 11.6 Å². The quantitative estimate of drug-likeness (QED) is 0.708. The van der Waals surface area contributed by atoms with Crippen molar-refractivity contribution in [3.63, 3.8) is 0 Å². The Kier molecular flexibility index (Phi) is 5.29. The molecule has 2 heteroatoms. The molecule has 0 radical (unpaired) electrons. The molecule has 0 aromatic heterocycles. The molecule has 106 valence electrons. The second-order valence-corrected chi connectivity index (χ2v) is 6.47. The van der Waals surface area contributed by atoms with Gasteiger partial charge in [-0.25, -0.2) is 0 Å². The number of hydrogen-bond acceptors (Lipinski definition) is 1. The van der Waals surface area contributed by atoms with Crippen LogP contribution in [-0.2, 0) is 5.41 Å². The Labute approximate surface area is 122 Å². The molecule has 1 saturated carbocycles. The van der Waals surface area contributed by atoms with Gasteiger partial charge in [0.15, 0.2) is 0 Å². The van der Waals surface area contributed by atoms with Crippen molar-refractivity contribution in [1.82, 2.24) is 5.32 Å². The van der Waals surface area contributed by atoms with Crippen molar-refractivity contribution in [2.24, 2.45) is 5.92 Å². The fraction of sp³-hybridized carbons (Fsp3) is 0.647. The molecule has 1 N–H and O–H groups in total. The standard InChI is InChI=1S/C17H26ClN/c1-3-6-14-11-17(12-14,13-19-9-4-2)15-7-5-8-16(18)10-15/h5,7-8,10,14,19H,3-4,6,9,11-13H2,1-2H3. The van der Waals surface area contributed by atoms with E-state index in [9.17, 15) is 0 Å². The summed E-state index contributed by atoms with van der Waals surface area (Å²) >= 11 is 6.17. The van der Waals surface area contributed by atoms with Crippen molar-refractivity contribution in [3.8, 4) is 0 Å². The molecule has 0 heterocycles. The second-order valence-electron chi connectivity index (χ2n) is 6.03. The highest BCUT2D eigenvalue weighted by Crippen LogP contribution is 2.49. The van der Waals surface area contributed by atoms with Gasteiger partial charge in [-0.2, -0.15) is 0 Å². The molecule has 1 fully saturated rings. The van der Waals surface area contributed by atoms with E-state index < -0.39 is 0 Å². The van der Waals surface area contributed by atoms with E-state index in [0.29, 0.717) is 5.41 Å². The number of benzene rings is 1. The first kappa shape index (κ1) is 14.9. The van der Waals surface area contributed by atoms with Crippen molar-refractivity contribution in [3.05, 3.63) is 34.9 Å². The van der Waals surface area contributed by atoms with Gasteiger partial charge in [0.1, 0.15) is 0 Å². The molecule has 2 rings (SSSR count). The Morgan fingerprint density at radius 1 is 1.26 bits per heavy atom. The Morgan fingerprint density at radius 3 is 2.68 bits per heavy atom. The fourth-order valence-corrected chi connectivity index (χ4v) is 3.65. The minimum Gasteiger partial charge on any atom is -0.316 e. The molecule has 1 aromatic rings. The van der Waals surface area contributed by atoms with Gasteiger partial charge in [0.05, 0.1) is 0 Å². The highest BCUT2D eigenvalue weighted by Gasteiger charge is 2.44. The SMILES string of the molecule is CCCNCC1(c2cccc(Cl)c2)CC(CCC)C1. The lowest BCUT2D eigenvalue weighted by atomic mass is 9.57. The van der Waals surface area contributed by atoms with Crippen LogP contribution in [0.25, 0.3) is 0 Å². The summed E-state index contributed by atoms with van der Waals surface area (Å²) in [7, 11) is 0. The number of nitrogens with one attached hydrogen (secondary N) is 1. The van der Waals surface area contributed by atoms with Crippen LogP contribution >= 0.6 is 11.6 Å². The Hall–Kier alpha value is -0.530. The summed E-state index contributed by atoms with van der Waals surface area (Å²) in [5.41, 5.74) is 1.76. The average molecular weight is 280 g/mol. The van der Waals surface area contributed by atoms with Gasteiger partial charge in [-0.3, -0.25) is 0 Å². The van der Waals surface area contributed by atoms with E-state index >= 15 is 0 Å². The number of hydrogen-bond donors (Lipinski definition) is 1. The predicted octanol–water partition coefficient (Wildman–Crippen LogP) is 4.79. The molecule has 0 spiro atoms. The van der Waals surface area contributed by atoms with Gasteiger partial charge < -0.3 is 5.32 Å². The van der Waals surface area contributed by atoms with E-state index in [1.54, 1.807) is 0 Å². The largest absolute Gasteiger partial charge is 0.316 e. The third-order valence-electron chi connectivity index (χ3n) is 4.38. The van der Waals surface area contributed by atoms with E-state index in [1.807, 2.05) is 6.07 Å². The summed E-state index contributed by atoms with van der Waals surface area (Å²) in [4.78, 5) is 0. The zero-order chi connectivity index (χ0) is 13.7. The first-order valence-corrected chi connectivity index (χ1v) is 8.05. The highest BCUT2D eigenvalue weighted by molar-refractivity contribution is 6.30. The molecule has 0 unspecified atom stereocenters. The van der Waals surface area contributed by atoms with Crippen molar-refractivity contribution in [1.29, 1.82) is 0 Å². The summed E-state index contributed by atoms with van der Waals surface area (Å²) in [5, 5.41) is 4.48. The lowest BCUT2D eigenvalue weighted by Gasteiger charge is -2.49. The maximum absolute atomic E-state index is 6.17. The van der Waals surface area contributed by atoms with Crippen molar-refractivity contribution in [2.45, 2.75) is 51.4 Å². The molecule has 19 heavy (non-hydrogen) atoms. The summed E-state index contributed by atoms with van der Waals surface area (Å²) in [6, 6.07) is 8.48. The van der Waals surface area contributed by atoms with Crippen LogP contribution in [0.3, 0.4) is 0 Å². The highest BCUT2D eigenvalue weighted by atomic mass is 35.5. The number of halogens is 1. The maximum Gasteiger partial charge on any atom is 0.0408 e. The van der Waals surface area contributed by atoms with E-state index in [1.165, 1.54) is 37.7 Å². The van der Waals surface area contributed by atoms with Crippen LogP contribution in [0.15, 0.2) is 24.3 Å². The molecule has 0 saturated heterocycles. The van der Waals surface area contributed by atoms with Crippen molar-refractivity contribution < 1.29 is 0 Å². The summed E-state index contributed by atoms with van der Waals surface area (Å²) < 4.78 is 0. The summed E-state index contributed by atoms with van der Waals surface area (Å²) in [6.45, 7) is 6.72. The molecule has 0 bridgehead atoms. The molecule has 0 aliphatic heterocycles. The van der Waals surface area contributed by atoms with Crippen LogP contribution in [0.2, 0.25) is 5.02 Å². The molecule has 1 aromatic carbocycles. The van der Waals surface area contributed by atoms with Crippen molar-refractivity contribution in [2.75, 3.05) is 13.1 Å². The van der Waals surface area contributed by atoms with Crippen LogP contribution in [-0.4, -0.2) is 13.1 Å². The minimum absolute atomic E-state index is 0.333. The van der Waals surface area contributed by atoms with E-state index in [4.69, 9.17) is 11.6 Å². The van der Waals surface area contributed by atoms with Crippen LogP contribution in [0.1, 0.15) is 51.5 Å². The first-order valence-electron chi connectivity index (χ1n) is 7.67. The molecular formula is C17H26ClN. The molecule has 1 aliphatic rings. The van der Waals surface area contributed by atoms with E-state index in [0.717, 1.165) is 24.0 Å². The van der Waals surface area contributed by atoms with E-state index in [2.05, 4.69) is 37.4 Å². The fourth-order valence-electron chi connectivity index (χ4n) is 3.46. The van der Waals surface area contributed by atoms with Gasteiger partial charge in [-0.05, 0) is 49.4 Å². The Bertz CT molecular complexity index is 390. The minimum atomic E-state index is 0.333. The van der Waals surface area contributed by atoms with Gasteiger partial charge in [-0.1, -0.05) is 50.4 Å². The lowest BCUT2D eigenvalue weighted by molar-refractivity contribution is 0.129. The summed E-state index contributed by atoms with van der Waals surface area (Å²) in [5.74, 6) is 0.910. The predicted molar refractivity (Wildman–Crippen MR) is 83.9 cm³/mol. The normalized spacial score (nSPS) is 26.2. The van der Waals surface area contributed by atoms with Gasteiger partial charge in [0.2, 0.25) is 0 Å². The molecule has 1 aliphatic carbocycles.